The maximum atomic E-state index is 10.6. The first-order valence-electron chi connectivity index (χ1n) is 9.54. The van der Waals surface area contributed by atoms with Gasteiger partial charge in [0.1, 0.15) is 12.4 Å². The fourth-order valence-corrected chi connectivity index (χ4v) is 3.77. The summed E-state index contributed by atoms with van der Waals surface area (Å²) in [5.74, 6) is 1.67. The van der Waals surface area contributed by atoms with Crippen LogP contribution in [0.1, 0.15) is 16.7 Å². The van der Waals surface area contributed by atoms with E-state index in [2.05, 4.69) is 42.2 Å². The first kappa shape index (κ1) is 18.4. The Balaban J connectivity index is 1.64. The molecule has 0 fully saturated rings. The van der Waals surface area contributed by atoms with Crippen molar-refractivity contribution in [3.63, 3.8) is 0 Å². The van der Waals surface area contributed by atoms with Crippen molar-refractivity contribution in [2.75, 3.05) is 20.3 Å². The molecule has 0 saturated carbocycles. The Morgan fingerprint density at radius 1 is 1.07 bits per heavy atom. The number of fused-ring (bicyclic) bond motifs is 1. The van der Waals surface area contributed by atoms with Gasteiger partial charge in [-0.3, -0.25) is 4.90 Å². The molecular formula is C24H25NO3. The van der Waals surface area contributed by atoms with Crippen LogP contribution in [0.15, 0.2) is 60.7 Å². The van der Waals surface area contributed by atoms with E-state index < -0.39 is 0 Å². The Hall–Kier alpha value is -2.98. The van der Waals surface area contributed by atoms with Gasteiger partial charge >= 0.3 is 0 Å². The van der Waals surface area contributed by atoms with Crippen LogP contribution in [0.5, 0.6) is 17.2 Å². The van der Waals surface area contributed by atoms with Crippen molar-refractivity contribution in [2.45, 2.75) is 20.0 Å². The smallest absolute Gasteiger partial charge is 0.165 e. The Morgan fingerprint density at radius 2 is 1.93 bits per heavy atom. The highest BCUT2D eigenvalue weighted by Crippen LogP contribution is 2.38. The van der Waals surface area contributed by atoms with Crippen LogP contribution in [0.3, 0.4) is 0 Å². The lowest BCUT2D eigenvalue weighted by molar-refractivity contribution is 0.217. The average molecular weight is 375 g/mol. The van der Waals surface area contributed by atoms with Gasteiger partial charge in [0.2, 0.25) is 0 Å². The van der Waals surface area contributed by atoms with Gasteiger partial charge in [-0.25, -0.2) is 0 Å². The third kappa shape index (κ3) is 3.82. The van der Waals surface area contributed by atoms with Crippen molar-refractivity contribution in [1.29, 1.82) is 0 Å². The fraction of sp³-hybridized carbons (Fsp3) is 0.250. The molecule has 0 unspecified atom stereocenters. The summed E-state index contributed by atoms with van der Waals surface area (Å²) in [5.41, 5.74) is 5.54. The van der Waals surface area contributed by atoms with E-state index in [0.717, 1.165) is 42.1 Å². The minimum absolute atomic E-state index is 0.207. The Bertz CT molecular complexity index is 983. The molecule has 0 bridgehead atoms. The summed E-state index contributed by atoms with van der Waals surface area (Å²) >= 11 is 0. The summed E-state index contributed by atoms with van der Waals surface area (Å²) in [7, 11) is 1.69. The van der Waals surface area contributed by atoms with Gasteiger partial charge in [-0.05, 0) is 53.4 Å². The molecule has 1 N–H and O–H groups in total. The lowest BCUT2D eigenvalue weighted by Gasteiger charge is -2.20. The monoisotopic (exact) mass is 375 g/mol. The molecule has 28 heavy (non-hydrogen) atoms. The lowest BCUT2D eigenvalue weighted by Crippen LogP contribution is -2.25. The van der Waals surface area contributed by atoms with E-state index in [9.17, 15) is 5.11 Å². The number of rotatable bonds is 4. The molecule has 4 nitrogen and oxygen atoms in total. The van der Waals surface area contributed by atoms with Gasteiger partial charge in [0.05, 0.1) is 7.11 Å². The third-order valence-electron chi connectivity index (χ3n) is 5.19. The standard InChI is InChI=1S/C24H25NO3/c1-17-6-3-4-9-22(17)19-13-20-16-25(10-11-28-24(20)23(26)14-19)15-18-7-5-8-21(12-18)27-2/h3-9,12-14,26H,10-11,15-16H2,1-2H3. The zero-order valence-electron chi connectivity index (χ0n) is 16.3. The Morgan fingerprint density at radius 3 is 2.75 bits per heavy atom. The van der Waals surface area contributed by atoms with Crippen molar-refractivity contribution in [2.24, 2.45) is 0 Å². The van der Waals surface area contributed by atoms with Crippen LogP contribution in [-0.2, 0) is 13.1 Å². The van der Waals surface area contributed by atoms with Crippen molar-refractivity contribution in [3.8, 4) is 28.4 Å². The zero-order valence-corrected chi connectivity index (χ0v) is 16.3. The SMILES string of the molecule is COc1cccc(CN2CCOc3c(O)cc(-c4ccccc4C)cc3C2)c1. The number of hydrogen-bond acceptors (Lipinski definition) is 4. The molecule has 0 aromatic heterocycles. The number of phenols is 1. The maximum absolute atomic E-state index is 10.6. The predicted molar refractivity (Wildman–Crippen MR) is 111 cm³/mol. The van der Waals surface area contributed by atoms with Crippen molar-refractivity contribution < 1.29 is 14.6 Å². The summed E-state index contributed by atoms with van der Waals surface area (Å²) in [6, 6.07) is 20.3. The van der Waals surface area contributed by atoms with Gasteiger partial charge in [-0.1, -0.05) is 36.4 Å². The summed E-state index contributed by atoms with van der Waals surface area (Å²) in [6.07, 6.45) is 0. The first-order valence-corrected chi connectivity index (χ1v) is 9.54. The average Bonchev–Trinajstić information content (AvgIpc) is 2.90. The number of nitrogens with zero attached hydrogens (tertiary/aromatic N) is 1. The van der Waals surface area contributed by atoms with Crippen molar-refractivity contribution in [3.05, 3.63) is 77.4 Å². The molecular weight excluding hydrogens is 350 g/mol. The van der Waals surface area contributed by atoms with E-state index in [4.69, 9.17) is 9.47 Å². The van der Waals surface area contributed by atoms with E-state index in [0.29, 0.717) is 12.4 Å². The van der Waals surface area contributed by atoms with Crippen LogP contribution >= 0.6 is 0 Å². The second kappa shape index (κ2) is 7.95. The molecule has 1 aliphatic rings. The van der Waals surface area contributed by atoms with E-state index in [-0.39, 0.29) is 5.75 Å². The molecule has 0 amide bonds. The van der Waals surface area contributed by atoms with Gasteiger partial charge < -0.3 is 14.6 Å². The topological polar surface area (TPSA) is 41.9 Å². The summed E-state index contributed by atoms with van der Waals surface area (Å²) < 4.78 is 11.2. The summed E-state index contributed by atoms with van der Waals surface area (Å²) in [6.45, 7) is 4.96. The van der Waals surface area contributed by atoms with Crippen LogP contribution < -0.4 is 9.47 Å². The van der Waals surface area contributed by atoms with Crippen molar-refractivity contribution >= 4 is 0 Å². The number of aryl methyl sites for hydroxylation is 1. The highest BCUT2D eigenvalue weighted by Gasteiger charge is 2.20. The molecule has 3 aromatic rings. The van der Waals surface area contributed by atoms with Crippen LogP contribution in [-0.4, -0.2) is 30.3 Å². The predicted octanol–water partition coefficient (Wildman–Crippen LogP) is 4.77. The first-order chi connectivity index (χ1) is 13.6. The van der Waals surface area contributed by atoms with E-state index >= 15 is 0 Å². The second-order valence-corrected chi connectivity index (χ2v) is 7.21. The fourth-order valence-electron chi connectivity index (χ4n) is 3.77. The molecule has 0 saturated heterocycles. The Kier molecular flexibility index (Phi) is 5.22. The number of methoxy groups -OCH3 is 1. The second-order valence-electron chi connectivity index (χ2n) is 7.21. The molecule has 4 rings (SSSR count). The lowest BCUT2D eigenvalue weighted by atomic mass is 9.97. The molecule has 4 heteroatoms. The van der Waals surface area contributed by atoms with Gasteiger partial charge in [0.15, 0.2) is 11.5 Å². The molecule has 144 valence electrons. The number of aromatic hydroxyl groups is 1. The van der Waals surface area contributed by atoms with Crippen LogP contribution in [0.2, 0.25) is 0 Å². The van der Waals surface area contributed by atoms with E-state index in [1.165, 1.54) is 11.1 Å². The highest BCUT2D eigenvalue weighted by molar-refractivity contribution is 5.71. The molecule has 1 heterocycles. The van der Waals surface area contributed by atoms with Gasteiger partial charge in [0, 0.05) is 25.2 Å². The number of hydrogen-bond donors (Lipinski definition) is 1. The van der Waals surface area contributed by atoms with Crippen LogP contribution in [0.4, 0.5) is 0 Å². The number of benzene rings is 3. The molecule has 0 aliphatic carbocycles. The minimum Gasteiger partial charge on any atom is -0.504 e. The number of ether oxygens (including phenoxy) is 2. The molecule has 3 aromatic carbocycles. The molecule has 0 atom stereocenters. The largest absolute Gasteiger partial charge is 0.504 e. The molecule has 0 spiro atoms. The minimum atomic E-state index is 0.207. The van der Waals surface area contributed by atoms with Crippen molar-refractivity contribution in [1.82, 2.24) is 4.90 Å². The molecule has 0 radical (unpaired) electrons. The van der Waals surface area contributed by atoms with E-state index in [1.54, 1.807) is 13.2 Å². The summed E-state index contributed by atoms with van der Waals surface area (Å²) in [4.78, 5) is 2.33. The zero-order chi connectivity index (χ0) is 19.5. The normalized spacial score (nSPS) is 14.1. The van der Waals surface area contributed by atoms with E-state index in [1.807, 2.05) is 24.3 Å². The van der Waals surface area contributed by atoms with Gasteiger partial charge in [-0.2, -0.15) is 0 Å². The van der Waals surface area contributed by atoms with Gasteiger partial charge in [0.25, 0.3) is 0 Å². The summed E-state index contributed by atoms with van der Waals surface area (Å²) in [5, 5.41) is 10.6. The Labute approximate surface area is 166 Å². The van der Waals surface area contributed by atoms with Crippen LogP contribution in [0, 0.1) is 6.92 Å². The third-order valence-corrected chi connectivity index (χ3v) is 5.19. The molecule has 1 aliphatic heterocycles. The maximum Gasteiger partial charge on any atom is 0.165 e. The quantitative estimate of drug-likeness (QED) is 0.713. The number of phenolic OH excluding ortho intramolecular Hbond substituents is 1. The van der Waals surface area contributed by atoms with Crippen LogP contribution in [0.25, 0.3) is 11.1 Å². The van der Waals surface area contributed by atoms with Gasteiger partial charge in [-0.15, -0.1) is 0 Å². The highest BCUT2D eigenvalue weighted by atomic mass is 16.5.